The van der Waals surface area contributed by atoms with Crippen LogP contribution in [0, 0.1) is 0 Å². The quantitative estimate of drug-likeness (QED) is 0.798. The summed E-state index contributed by atoms with van der Waals surface area (Å²) in [5.41, 5.74) is 3.30. The zero-order chi connectivity index (χ0) is 17.2. The van der Waals surface area contributed by atoms with Crippen LogP contribution in [0.25, 0.3) is 11.0 Å². The molecule has 1 aliphatic rings. The lowest BCUT2D eigenvalue weighted by atomic mass is 10.2. The molecule has 6 heteroatoms. The number of aromatic nitrogens is 2. The fraction of sp³-hybridized carbons (Fsp3) is 0.211. The number of para-hydroxylation sites is 2. The fourth-order valence-electron chi connectivity index (χ4n) is 3.16. The van der Waals surface area contributed by atoms with E-state index >= 15 is 0 Å². The van der Waals surface area contributed by atoms with Crippen LogP contribution in [0.15, 0.2) is 54.9 Å². The van der Waals surface area contributed by atoms with E-state index in [0.29, 0.717) is 12.1 Å². The number of imidazole rings is 1. The van der Waals surface area contributed by atoms with Crippen LogP contribution in [0.1, 0.15) is 12.8 Å². The number of hydrogen-bond acceptors (Lipinski definition) is 3. The third-order valence-electron chi connectivity index (χ3n) is 4.36. The number of rotatable bonds is 4. The van der Waals surface area contributed by atoms with Crippen molar-refractivity contribution in [3.63, 3.8) is 0 Å². The lowest BCUT2D eigenvalue weighted by Gasteiger charge is -2.16. The number of carbonyl (C=O) groups excluding carboxylic acids is 2. The average Bonchev–Trinajstić information content (AvgIpc) is 3.22. The molecule has 2 amide bonds. The van der Waals surface area contributed by atoms with Crippen LogP contribution >= 0.6 is 0 Å². The van der Waals surface area contributed by atoms with E-state index in [-0.39, 0.29) is 18.4 Å². The lowest BCUT2D eigenvalue weighted by molar-refractivity contribution is -0.117. The van der Waals surface area contributed by atoms with E-state index in [0.717, 1.165) is 29.7 Å². The van der Waals surface area contributed by atoms with E-state index in [1.54, 1.807) is 11.2 Å². The number of nitrogens with zero attached hydrogens (tertiary/aromatic N) is 3. The molecule has 1 aliphatic heterocycles. The van der Waals surface area contributed by atoms with Crippen LogP contribution in [0.3, 0.4) is 0 Å². The highest BCUT2D eigenvalue weighted by atomic mass is 16.2. The molecule has 2 aromatic carbocycles. The Labute approximate surface area is 145 Å². The van der Waals surface area contributed by atoms with Gasteiger partial charge >= 0.3 is 0 Å². The van der Waals surface area contributed by atoms with Gasteiger partial charge in [0, 0.05) is 24.3 Å². The second kappa shape index (κ2) is 6.39. The van der Waals surface area contributed by atoms with Crippen molar-refractivity contribution in [2.75, 3.05) is 16.8 Å². The zero-order valence-electron chi connectivity index (χ0n) is 13.7. The van der Waals surface area contributed by atoms with Gasteiger partial charge in [-0.2, -0.15) is 0 Å². The molecule has 6 nitrogen and oxygen atoms in total. The summed E-state index contributed by atoms with van der Waals surface area (Å²) in [5.74, 6) is 0.00131. The Balaban J connectivity index is 1.48. The minimum Gasteiger partial charge on any atom is -0.324 e. The Morgan fingerprint density at radius 2 is 2.04 bits per heavy atom. The highest BCUT2D eigenvalue weighted by Gasteiger charge is 2.21. The van der Waals surface area contributed by atoms with E-state index in [4.69, 9.17) is 0 Å². The highest BCUT2D eigenvalue weighted by molar-refractivity contribution is 5.97. The Kier molecular flexibility index (Phi) is 3.93. The van der Waals surface area contributed by atoms with Gasteiger partial charge < -0.3 is 14.8 Å². The van der Waals surface area contributed by atoms with Gasteiger partial charge in [0.1, 0.15) is 6.54 Å². The molecule has 4 rings (SSSR count). The topological polar surface area (TPSA) is 67.2 Å². The van der Waals surface area contributed by atoms with Crippen molar-refractivity contribution in [1.82, 2.24) is 9.55 Å². The van der Waals surface area contributed by atoms with E-state index < -0.39 is 0 Å². The maximum atomic E-state index is 12.4. The number of carbonyl (C=O) groups is 2. The second-order valence-corrected chi connectivity index (χ2v) is 6.11. The molecule has 1 N–H and O–H groups in total. The summed E-state index contributed by atoms with van der Waals surface area (Å²) in [7, 11) is 0. The molecule has 1 fully saturated rings. The summed E-state index contributed by atoms with van der Waals surface area (Å²) in [6.07, 6.45) is 3.14. The highest BCUT2D eigenvalue weighted by Crippen LogP contribution is 2.24. The van der Waals surface area contributed by atoms with Crippen molar-refractivity contribution in [3.8, 4) is 0 Å². The van der Waals surface area contributed by atoms with Crippen LogP contribution in [0.2, 0.25) is 0 Å². The van der Waals surface area contributed by atoms with Crippen molar-refractivity contribution >= 4 is 34.2 Å². The molecule has 0 aliphatic carbocycles. The normalized spacial score (nSPS) is 14.2. The summed E-state index contributed by atoms with van der Waals surface area (Å²) in [5, 5.41) is 2.90. The largest absolute Gasteiger partial charge is 0.324 e. The summed E-state index contributed by atoms with van der Waals surface area (Å²) in [6.45, 7) is 0.921. The molecule has 0 radical (unpaired) electrons. The molecule has 0 atom stereocenters. The van der Waals surface area contributed by atoms with Gasteiger partial charge in [0.05, 0.1) is 17.4 Å². The van der Waals surface area contributed by atoms with Gasteiger partial charge in [-0.25, -0.2) is 4.98 Å². The SMILES string of the molecule is O=C(Cn1cnc2ccccc21)Nc1cccc(N2CCCC2=O)c1. The zero-order valence-corrected chi connectivity index (χ0v) is 13.7. The fourth-order valence-corrected chi connectivity index (χ4v) is 3.16. The first-order chi connectivity index (χ1) is 12.2. The predicted molar refractivity (Wildman–Crippen MR) is 96.4 cm³/mol. The molecule has 1 aromatic heterocycles. The molecule has 2 heterocycles. The summed E-state index contributed by atoms with van der Waals surface area (Å²) >= 11 is 0. The molecule has 25 heavy (non-hydrogen) atoms. The molecular weight excluding hydrogens is 316 g/mol. The number of nitrogens with one attached hydrogen (secondary N) is 1. The first kappa shape index (κ1) is 15.4. The summed E-state index contributed by atoms with van der Waals surface area (Å²) in [6, 6.07) is 15.1. The number of anilines is 2. The van der Waals surface area contributed by atoms with Gasteiger partial charge in [0.2, 0.25) is 11.8 Å². The smallest absolute Gasteiger partial charge is 0.244 e. The van der Waals surface area contributed by atoms with Crippen LogP contribution in [-0.4, -0.2) is 27.9 Å². The minimum atomic E-state index is -0.131. The monoisotopic (exact) mass is 334 g/mol. The second-order valence-electron chi connectivity index (χ2n) is 6.11. The van der Waals surface area contributed by atoms with Crippen molar-refractivity contribution in [2.24, 2.45) is 0 Å². The molecule has 0 saturated carbocycles. The third kappa shape index (κ3) is 3.10. The van der Waals surface area contributed by atoms with Crippen molar-refractivity contribution in [2.45, 2.75) is 19.4 Å². The Morgan fingerprint density at radius 3 is 2.88 bits per heavy atom. The summed E-state index contributed by atoms with van der Waals surface area (Å²) < 4.78 is 1.82. The summed E-state index contributed by atoms with van der Waals surface area (Å²) in [4.78, 5) is 30.3. The molecule has 0 spiro atoms. The Morgan fingerprint density at radius 1 is 1.16 bits per heavy atom. The Hall–Kier alpha value is -3.15. The standard InChI is InChI=1S/C19H18N4O2/c24-18(12-22-13-20-16-7-1-2-8-17(16)22)21-14-5-3-6-15(11-14)23-10-4-9-19(23)25/h1-3,5-8,11,13H,4,9-10,12H2,(H,21,24). The van der Waals surface area contributed by atoms with E-state index in [1.165, 1.54) is 0 Å². The molecule has 0 unspecified atom stereocenters. The first-order valence-corrected chi connectivity index (χ1v) is 8.31. The van der Waals surface area contributed by atoms with Gasteiger partial charge in [0.25, 0.3) is 0 Å². The number of hydrogen-bond donors (Lipinski definition) is 1. The van der Waals surface area contributed by atoms with Crippen LogP contribution in [0.4, 0.5) is 11.4 Å². The molecule has 1 saturated heterocycles. The van der Waals surface area contributed by atoms with E-state index in [9.17, 15) is 9.59 Å². The number of amides is 2. The van der Waals surface area contributed by atoms with Gasteiger partial charge in [-0.1, -0.05) is 18.2 Å². The van der Waals surface area contributed by atoms with E-state index in [1.807, 2.05) is 53.1 Å². The number of benzene rings is 2. The van der Waals surface area contributed by atoms with Gasteiger partial charge in [-0.05, 0) is 36.8 Å². The molecule has 126 valence electrons. The maximum Gasteiger partial charge on any atom is 0.244 e. The van der Waals surface area contributed by atoms with Crippen LogP contribution in [-0.2, 0) is 16.1 Å². The Bertz CT molecular complexity index is 947. The first-order valence-electron chi connectivity index (χ1n) is 8.31. The molecule has 3 aromatic rings. The predicted octanol–water partition coefficient (Wildman–Crippen LogP) is 2.80. The van der Waals surface area contributed by atoms with Crippen molar-refractivity contribution in [3.05, 3.63) is 54.9 Å². The lowest BCUT2D eigenvalue weighted by Crippen LogP contribution is -2.24. The van der Waals surface area contributed by atoms with Crippen molar-refractivity contribution in [1.29, 1.82) is 0 Å². The van der Waals surface area contributed by atoms with Crippen LogP contribution < -0.4 is 10.2 Å². The third-order valence-corrected chi connectivity index (χ3v) is 4.36. The van der Waals surface area contributed by atoms with Gasteiger partial charge in [0.15, 0.2) is 0 Å². The van der Waals surface area contributed by atoms with Crippen molar-refractivity contribution < 1.29 is 9.59 Å². The molecule has 0 bridgehead atoms. The molecular formula is C19H18N4O2. The average molecular weight is 334 g/mol. The minimum absolute atomic E-state index is 0.131. The maximum absolute atomic E-state index is 12.4. The van der Waals surface area contributed by atoms with E-state index in [2.05, 4.69) is 10.3 Å². The van der Waals surface area contributed by atoms with Crippen LogP contribution in [0.5, 0.6) is 0 Å². The number of fused-ring (bicyclic) bond motifs is 1. The van der Waals surface area contributed by atoms with Gasteiger partial charge in [-0.15, -0.1) is 0 Å². The van der Waals surface area contributed by atoms with Gasteiger partial charge in [-0.3, -0.25) is 9.59 Å².